The van der Waals surface area contributed by atoms with Gasteiger partial charge in [0.05, 0.1) is 5.75 Å². The Labute approximate surface area is 126 Å². The molecule has 1 aromatic carbocycles. The summed E-state index contributed by atoms with van der Waals surface area (Å²) in [7, 11) is 0. The van der Waals surface area contributed by atoms with Crippen molar-refractivity contribution in [2.75, 3.05) is 17.7 Å². The molecular formula is C14H16FNO4S. The standard InChI is InChI=1S/C14H16FNO4S/c1-9(17)7-20-14(19)10(2)21-8-13(18)16-12-5-3-11(15)4-6-12/h3-6,10H,7-8H2,1-2H3,(H,16,18). The Bertz CT molecular complexity index is 518. The minimum Gasteiger partial charge on any atom is -0.457 e. The van der Waals surface area contributed by atoms with Crippen molar-refractivity contribution in [1.29, 1.82) is 0 Å². The third-order valence-electron chi connectivity index (χ3n) is 2.34. The lowest BCUT2D eigenvalue weighted by atomic mass is 10.3. The molecule has 1 unspecified atom stereocenters. The number of esters is 1. The van der Waals surface area contributed by atoms with Gasteiger partial charge in [-0.05, 0) is 38.1 Å². The van der Waals surface area contributed by atoms with Gasteiger partial charge in [-0.1, -0.05) is 0 Å². The first-order valence-electron chi connectivity index (χ1n) is 6.21. The van der Waals surface area contributed by atoms with Gasteiger partial charge in [-0.3, -0.25) is 14.4 Å². The van der Waals surface area contributed by atoms with E-state index in [1.807, 2.05) is 0 Å². The summed E-state index contributed by atoms with van der Waals surface area (Å²) in [5, 5.41) is 2.03. The highest BCUT2D eigenvalue weighted by Gasteiger charge is 2.17. The van der Waals surface area contributed by atoms with Crippen molar-refractivity contribution in [2.24, 2.45) is 0 Å². The summed E-state index contributed by atoms with van der Waals surface area (Å²) in [5.41, 5.74) is 0.480. The Morgan fingerprint density at radius 1 is 1.29 bits per heavy atom. The van der Waals surface area contributed by atoms with Gasteiger partial charge in [0, 0.05) is 5.69 Å². The molecule has 0 saturated carbocycles. The maximum Gasteiger partial charge on any atom is 0.319 e. The molecule has 1 atom stereocenters. The summed E-state index contributed by atoms with van der Waals surface area (Å²) in [6.45, 7) is 2.66. The lowest BCUT2D eigenvalue weighted by Gasteiger charge is -2.10. The summed E-state index contributed by atoms with van der Waals surface area (Å²) >= 11 is 1.09. The summed E-state index contributed by atoms with van der Waals surface area (Å²) in [5.74, 6) is -1.42. The third kappa shape index (κ3) is 6.89. The normalized spacial score (nSPS) is 11.6. The quantitative estimate of drug-likeness (QED) is 0.780. The van der Waals surface area contributed by atoms with Crippen LogP contribution in [0.3, 0.4) is 0 Å². The molecule has 0 heterocycles. The van der Waals surface area contributed by atoms with Crippen LogP contribution >= 0.6 is 11.8 Å². The monoisotopic (exact) mass is 313 g/mol. The minimum atomic E-state index is -0.552. The summed E-state index contributed by atoms with van der Waals surface area (Å²) in [4.78, 5) is 33.8. The van der Waals surface area contributed by atoms with Crippen LogP contribution in [0.15, 0.2) is 24.3 Å². The lowest BCUT2D eigenvalue weighted by molar-refractivity contribution is -0.146. The second kappa shape index (κ2) is 8.41. The van der Waals surface area contributed by atoms with E-state index in [9.17, 15) is 18.8 Å². The first-order valence-corrected chi connectivity index (χ1v) is 7.26. The van der Waals surface area contributed by atoms with Crippen LogP contribution in [0.2, 0.25) is 0 Å². The fraction of sp³-hybridized carbons (Fsp3) is 0.357. The Morgan fingerprint density at radius 2 is 1.90 bits per heavy atom. The number of benzene rings is 1. The number of anilines is 1. The van der Waals surface area contributed by atoms with Gasteiger partial charge in [-0.15, -0.1) is 11.8 Å². The van der Waals surface area contributed by atoms with Crippen LogP contribution in [-0.4, -0.2) is 35.3 Å². The minimum absolute atomic E-state index is 0.0493. The third-order valence-corrected chi connectivity index (χ3v) is 3.46. The van der Waals surface area contributed by atoms with E-state index in [2.05, 4.69) is 5.32 Å². The SMILES string of the molecule is CC(=O)COC(=O)C(C)SCC(=O)Nc1ccc(F)cc1. The van der Waals surface area contributed by atoms with Crippen LogP contribution < -0.4 is 5.32 Å². The highest BCUT2D eigenvalue weighted by molar-refractivity contribution is 8.01. The Kier molecular flexibility index (Phi) is 6.87. The molecule has 114 valence electrons. The molecule has 1 amide bonds. The van der Waals surface area contributed by atoms with Crippen molar-refractivity contribution >= 4 is 35.1 Å². The van der Waals surface area contributed by atoms with Crippen LogP contribution in [0, 0.1) is 5.82 Å². The lowest BCUT2D eigenvalue weighted by Crippen LogP contribution is -2.23. The zero-order valence-corrected chi connectivity index (χ0v) is 12.5. The molecule has 0 aliphatic rings. The van der Waals surface area contributed by atoms with Crippen molar-refractivity contribution in [2.45, 2.75) is 19.1 Å². The number of ketones is 1. The number of ether oxygens (including phenoxy) is 1. The van der Waals surface area contributed by atoms with Crippen molar-refractivity contribution < 1.29 is 23.5 Å². The van der Waals surface area contributed by atoms with Crippen molar-refractivity contribution in [3.8, 4) is 0 Å². The zero-order valence-electron chi connectivity index (χ0n) is 11.7. The van der Waals surface area contributed by atoms with Crippen LogP contribution in [-0.2, 0) is 19.1 Å². The second-order valence-corrected chi connectivity index (χ2v) is 5.65. The van der Waals surface area contributed by atoms with E-state index in [-0.39, 0.29) is 29.9 Å². The number of amides is 1. The second-order valence-electron chi connectivity index (χ2n) is 4.32. The van der Waals surface area contributed by atoms with Crippen LogP contribution in [0.4, 0.5) is 10.1 Å². The van der Waals surface area contributed by atoms with Gasteiger partial charge < -0.3 is 10.1 Å². The Hall–Kier alpha value is -1.89. The number of Topliss-reactive ketones (excluding diaryl/α,β-unsaturated/α-hetero) is 1. The van der Waals surface area contributed by atoms with E-state index in [0.717, 1.165) is 11.8 Å². The molecule has 0 saturated heterocycles. The molecule has 7 heteroatoms. The average Bonchev–Trinajstić information content (AvgIpc) is 2.44. The van der Waals surface area contributed by atoms with Crippen molar-refractivity contribution in [3.63, 3.8) is 0 Å². The van der Waals surface area contributed by atoms with Crippen LogP contribution in [0.25, 0.3) is 0 Å². The van der Waals surface area contributed by atoms with Crippen LogP contribution in [0.1, 0.15) is 13.8 Å². The summed E-state index contributed by atoms with van der Waals surface area (Å²) < 4.78 is 17.5. The molecule has 21 heavy (non-hydrogen) atoms. The number of hydrogen-bond acceptors (Lipinski definition) is 5. The first-order chi connectivity index (χ1) is 9.88. The van der Waals surface area contributed by atoms with Gasteiger partial charge in [0.25, 0.3) is 0 Å². The van der Waals surface area contributed by atoms with Gasteiger partial charge in [0.1, 0.15) is 17.7 Å². The van der Waals surface area contributed by atoms with Gasteiger partial charge in [0.2, 0.25) is 5.91 Å². The van der Waals surface area contributed by atoms with Gasteiger partial charge >= 0.3 is 5.97 Å². The molecule has 5 nitrogen and oxygen atoms in total. The molecule has 1 N–H and O–H groups in total. The number of halogens is 1. The van der Waals surface area contributed by atoms with E-state index >= 15 is 0 Å². The van der Waals surface area contributed by atoms with E-state index in [1.165, 1.54) is 31.2 Å². The van der Waals surface area contributed by atoms with Gasteiger partial charge in [-0.25, -0.2) is 4.39 Å². The van der Waals surface area contributed by atoms with E-state index in [1.54, 1.807) is 6.92 Å². The highest BCUT2D eigenvalue weighted by Crippen LogP contribution is 2.14. The average molecular weight is 313 g/mol. The number of nitrogens with one attached hydrogen (secondary N) is 1. The number of carbonyl (C=O) groups excluding carboxylic acids is 3. The molecule has 0 spiro atoms. The number of thioether (sulfide) groups is 1. The summed E-state index contributed by atoms with van der Waals surface area (Å²) in [6.07, 6.45) is 0. The zero-order chi connectivity index (χ0) is 15.8. The summed E-state index contributed by atoms with van der Waals surface area (Å²) in [6, 6.07) is 5.37. The smallest absolute Gasteiger partial charge is 0.319 e. The Balaban J connectivity index is 2.33. The molecule has 0 aromatic heterocycles. The topological polar surface area (TPSA) is 72.5 Å². The maximum atomic E-state index is 12.7. The number of rotatable bonds is 7. The van der Waals surface area contributed by atoms with E-state index in [4.69, 9.17) is 4.74 Å². The highest BCUT2D eigenvalue weighted by atomic mass is 32.2. The maximum absolute atomic E-state index is 12.7. The predicted molar refractivity (Wildman–Crippen MR) is 78.6 cm³/mol. The van der Waals surface area contributed by atoms with Gasteiger partial charge in [0.15, 0.2) is 5.78 Å². The molecule has 0 aliphatic carbocycles. The molecule has 1 aromatic rings. The number of hydrogen-bond donors (Lipinski definition) is 1. The molecule has 0 radical (unpaired) electrons. The largest absolute Gasteiger partial charge is 0.457 e. The fourth-order valence-corrected chi connectivity index (χ4v) is 1.97. The van der Waals surface area contributed by atoms with E-state index in [0.29, 0.717) is 5.69 Å². The van der Waals surface area contributed by atoms with Crippen molar-refractivity contribution in [3.05, 3.63) is 30.1 Å². The Morgan fingerprint density at radius 3 is 2.48 bits per heavy atom. The number of carbonyl (C=O) groups is 3. The molecule has 0 bridgehead atoms. The fourth-order valence-electron chi connectivity index (χ4n) is 1.29. The predicted octanol–water partition coefficient (Wildman–Crippen LogP) is 2.02. The molecule has 1 rings (SSSR count). The molecule has 0 fully saturated rings. The molecular weight excluding hydrogens is 297 g/mol. The van der Waals surface area contributed by atoms with Gasteiger partial charge in [-0.2, -0.15) is 0 Å². The first kappa shape index (κ1) is 17.2. The van der Waals surface area contributed by atoms with Crippen LogP contribution in [0.5, 0.6) is 0 Å². The van der Waals surface area contributed by atoms with Crippen molar-refractivity contribution in [1.82, 2.24) is 0 Å². The molecule has 0 aliphatic heterocycles. The van der Waals surface area contributed by atoms with E-state index < -0.39 is 11.2 Å².